The highest BCUT2D eigenvalue weighted by atomic mass is 16.8. The summed E-state index contributed by atoms with van der Waals surface area (Å²) in [6.45, 7) is 7.42. The maximum absolute atomic E-state index is 11.8. The number of hydrogen-bond acceptors (Lipinski definition) is 22. The van der Waals surface area contributed by atoms with E-state index >= 15 is 0 Å². The van der Waals surface area contributed by atoms with Crippen LogP contribution in [0.3, 0.4) is 0 Å². The molecule has 0 amide bonds. The molecule has 0 aromatic heterocycles. The van der Waals surface area contributed by atoms with Crippen LogP contribution in [0.15, 0.2) is 0 Å². The molecule has 6 aliphatic heterocycles. The van der Waals surface area contributed by atoms with Crippen LogP contribution in [0.5, 0.6) is 0 Å². The Morgan fingerprint density at radius 1 is 0.514 bits per heavy atom. The highest BCUT2D eigenvalue weighted by Gasteiger charge is 2.69. The number of fused-ring (bicyclic) bond motifs is 7. The van der Waals surface area contributed by atoms with Crippen molar-refractivity contribution in [1.82, 2.24) is 0 Å². The van der Waals surface area contributed by atoms with Gasteiger partial charge in [-0.05, 0) is 104 Å². The minimum Gasteiger partial charge on any atom is -0.394 e. The minimum atomic E-state index is -2.00. The molecule has 31 atom stereocenters. The van der Waals surface area contributed by atoms with Crippen LogP contribution in [0.2, 0.25) is 0 Å². The van der Waals surface area contributed by atoms with E-state index in [1.54, 1.807) is 0 Å². The van der Waals surface area contributed by atoms with Gasteiger partial charge in [-0.2, -0.15) is 0 Å². The van der Waals surface area contributed by atoms with Crippen molar-refractivity contribution >= 4 is 0 Å². The average molecular weight is 1040 g/mol. The molecule has 414 valence electrons. The van der Waals surface area contributed by atoms with Gasteiger partial charge in [-0.25, -0.2) is 0 Å². The van der Waals surface area contributed by atoms with Gasteiger partial charge in [0.25, 0.3) is 0 Å². The zero-order chi connectivity index (χ0) is 51.3. The van der Waals surface area contributed by atoms with E-state index in [-0.39, 0.29) is 23.0 Å². The van der Waals surface area contributed by atoms with Crippen LogP contribution in [0, 0.1) is 52.3 Å². The molecular formula is C50H82O22. The second-order valence-corrected chi connectivity index (χ2v) is 23.9. The summed E-state index contributed by atoms with van der Waals surface area (Å²) in [5.41, 5.74) is 0.293. The van der Waals surface area contributed by atoms with Crippen LogP contribution in [0.1, 0.15) is 91.9 Å². The van der Waals surface area contributed by atoms with Crippen molar-refractivity contribution in [2.24, 2.45) is 52.3 Å². The van der Waals surface area contributed by atoms with Gasteiger partial charge in [0.2, 0.25) is 0 Å². The van der Waals surface area contributed by atoms with Crippen LogP contribution >= 0.6 is 0 Å². The Bertz CT molecular complexity index is 1830. The van der Waals surface area contributed by atoms with Gasteiger partial charge in [0, 0.05) is 12.3 Å². The summed E-state index contributed by atoms with van der Waals surface area (Å²) in [5, 5.41) is 129. The molecular weight excluding hydrogens is 953 g/mol. The van der Waals surface area contributed by atoms with Crippen molar-refractivity contribution in [2.45, 2.75) is 227 Å². The van der Waals surface area contributed by atoms with Crippen molar-refractivity contribution in [1.29, 1.82) is 0 Å². The molecule has 10 fully saturated rings. The van der Waals surface area contributed by atoms with Gasteiger partial charge in [0.05, 0.1) is 45.2 Å². The summed E-state index contributed by atoms with van der Waals surface area (Å²) in [6.07, 6.45) is -22.9. The zero-order valence-corrected chi connectivity index (χ0v) is 41.7. The Morgan fingerprint density at radius 2 is 1.14 bits per heavy atom. The first-order chi connectivity index (χ1) is 34.3. The summed E-state index contributed by atoms with van der Waals surface area (Å²) >= 11 is 0. The lowest BCUT2D eigenvalue weighted by Gasteiger charge is -2.61. The molecule has 0 unspecified atom stereocenters. The quantitative estimate of drug-likeness (QED) is 0.0971. The van der Waals surface area contributed by atoms with Crippen LogP contribution in [-0.4, -0.2) is 229 Å². The molecule has 12 N–H and O–H groups in total. The van der Waals surface area contributed by atoms with Crippen LogP contribution in [0.25, 0.3) is 0 Å². The second kappa shape index (κ2) is 21.1. The fraction of sp³-hybridized carbons (Fsp3) is 1.00. The van der Waals surface area contributed by atoms with E-state index in [9.17, 15) is 61.3 Å². The number of aliphatic hydroxyl groups is 12. The van der Waals surface area contributed by atoms with Gasteiger partial charge in [-0.1, -0.05) is 27.7 Å². The smallest absolute Gasteiger partial charge is 0.187 e. The molecule has 10 aliphatic rings. The van der Waals surface area contributed by atoms with Crippen molar-refractivity contribution in [3.63, 3.8) is 0 Å². The molecule has 22 nitrogen and oxygen atoms in total. The molecule has 0 radical (unpaired) electrons. The normalized spacial score (nSPS) is 57.8. The molecule has 0 aromatic rings. The average Bonchev–Trinajstić information content (AvgIpc) is 3.82. The van der Waals surface area contributed by atoms with E-state index in [4.69, 9.17) is 47.4 Å². The maximum atomic E-state index is 11.8. The Balaban J connectivity index is 0.812. The highest BCUT2D eigenvalue weighted by molar-refractivity contribution is 5.15. The van der Waals surface area contributed by atoms with Gasteiger partial charge in [0.15, 0.2) is 30.9 Å². The van der Waals surface area contributed by atoms with E-state index in [0.717, 1.165) is 51.6 Å². The van der Waals surface area contributed by atoms with Gasteiger partial charge < -0.3 is 109 Å². The van der Waals surface area contributed by atoms with Crippen LogP contribution in [-0.2, 0) is 47.4 Å². The first-order valence-electron chi connectivity index (χ1n) is 26.7. The van der Waals surface area contributed by atoms with Crippen molar-refractivity contribution in [3.8, 4) is 0 Å². The molecule has 1 spiro atoms. The first-order valence-corrected chi connectivity index (χ1v) is 26.7. The predicted octanol–water partition coefficient (Wildman–Crippen LogP) is -2.27. The van der Waals surface area contributed by atoms with Crippen molar-refractivity contribution in [3.05, 3.63) is 0 Å². The monoisotopic (exact) mass is 1030 g/mol. The zero-order valence-electron chi connectivity index (χ0n) is 41.7. The maximum Gasteiger partial charge on any atom is 0.187 e. The lowest BCUT2D eigenvalue weighted by Crippen LogP contribution is -2.68. The molecule has 6 saturated heterocycles. The highest BCUT2D eigenvalue weighted by Crippen LogP contribution is 2.71. The fourth-order valence-electron chi connectivity index (χ4n) is 15.9. The Hall–Kier alpha value is -0.880. The second-order valence-electron chi connectivity index (χ2n) is 23.9. The predicted molar refractivity (Wildman–Crippen MR) is 242 cm³/mol. The first kappa shape index (κ1) is 54.5. The third-order valence-electron chi connectivity index (χ3n) is 20.0. The number of ether oxygens (including phenoxy) is 10. The third-order valence-corrected chi connectivity index (χ3v) is 20.0. The molecule has 0 bridgehead atoms. The van der Waals surface area contributed by atoms with Gasteiger partial charge in [-0.3, -0.25) is 0 Å². The summed E-state index contributed by atoms with van der Waals surface area (Å²) in [5.74, 6) is 3.06. The lowest BCUT2D eigenvalue weighted by atomic mass is 9.44. The summed E-state index contributed by atoms with van der Waals surface area (Å²) < 4.78 is 61.4. The van der Waals surface area contributed by atoms with E-state index < -0.39 is 149 Å². The van der Waals surface area contributed by atoms with E-state index in [1.807, 2.05) is 0 Å². The Kier molecular flexibility index (Phi) is 15.9. The van der Waals surface area contributed by atoms with E-state index in [2.05, 4.69) is 27.7 Å². The summed E-state index contributed by atoms with van der Waals surface area (Å²) in [7, 11) is 0. The number of hydrogen-bond donors (Lipinski definition) is 12. The SMILES string of the molecule is C[C@H]1CC[C@@]2(OC1)O[C@@H]1C[C@H]3[C@@H]4CC[C@H]5C[C@@H](O[C@@H]6O[C@H](CO)[C@H](O[C@@H]7O[C@H](CO)[C@@H](O)[C@H](O[C@@H]8OC[C@@H](O)[C@H](O)[C@H]8O)[C@H]7O[C@@H]7O[C@H](CO)[C@@H](O)[C@H](O)[C@H]7O)[C@H](O)[C@H]6O)CC[C@]5(C)[C@H]4CC[C@]3(C)[C@H]1[C@@H]2C. The Morgan fingerprint density at radius 3 is 1.85 bits per heavy atom. The lowest BCUT2D eigenvalue weighted by molar-refractivity contribution is -0.404. The molecule has 6 heterocycles. The molecule has 4 saturated carbocycles. The largest absolute Gasteiger partial charge is 0.394 e. The van der Waals surface area contributed by atoms with Crippen LogP contribution < -0.4 is 0 Å². The van der Waals surface area contributed by atoms with Crippen LogP contribution in [0.4, 0.5) is 0 Å². The molecule has 22 heteroatoms. The van der Waals surface area contributed by atoms with Gasteiger partial charge in [-0.15, -0.1) is 0 Å². The fourth-order valence-corrected chi connectivity index (χ4v) is 15.9. The van der Waals surface area contributed by atoms with E-state index in [0.29, 0.717) is 47.8 Å². The third kappa shape index (κ3) is 9.26. The summed E-state index contributed by atoms with van der Waals surface area (Å²) in [6, 6.07) is 0. The standard InChI is InChI=1S/C50H82O22/c1-20-7-12-50(64-18-20)21(2)32-28(72-50)14-26-24-6-5-22-13-23(8-10-48(22,3)25(24)9-11-49(26,32)4)65-45-40(62)37(59)41(31(17-53)68-45)69-47-43(71-46-39(61)36(58)34(56)29(15-51)66-46)42(35(57)30(16-52)67-47)70-44-38(60)33(55)27(54)19-63-44/h20-47,51-62H,5-19H2,1-4H3/t20-,21-,22-,23-,24+,25-,26-,27+,28+,29+,30+,31+,32-,33-,34+,35+,36-,37+,38+,39+,40+,41-,42-,43+,44-,45+,46-,47-,48-,49-,50+/m0/s1. The molecule has 0 aromatic carbocycles. The molecule has 4 aliphatic carbocycles. The van der Waals surface area contributed by atoms with Gasteiger partial charge >= 0.3 is 0 Å². The summed E-state index contributed by atoms with van der Waals surface area (Å²) in [4.78, 5) is 0. The number of aliphatic hydroxyl groups excluding tert-OH is 12. The van der Waals surface area contributed by atoms with Crippen molar-refractivity contribution < 1.29 is 109 Å². The molecule has 10 rings (SSSR count). The van der Waals surface area contributed by atoms with Gasteiger partial charge in [0.1, 0.15) is 91.6 Å². The van der Waals surface area contributed by atoms with E-state index in [1.165, 1.54) is 12.8 Å². The number of rotatable bonds is 11. The minimum absolute atomic E-state index is 0.0916. The molecule has 72 heavy (non-hydrogen) atoms. The van der Waals surface area contributed by atoms with Crippen molar-refractivity contribution in [2.75, 3.05) is 33.0 Å². The topological polar surface area (TPSA) is 335 Å². The Labute approximate surface area is 419 Å².